The van der Waals surface area contributed by atoms with E-state index in [-0.39, 0.29) is 11.3 Å². The van der Waals surface area contributed by atoms with Crippen molar-refractivity contribution in [2.45, 2.75) is 30.7 Å². The fourth-order valence-electron chi connectivity index (χ4n) is 4.86. The highest BCUT2D eigenvalue weighted by molar-refractivity contribution is 7.98. The first-order valence-electron chi connectivity index (χ1n) is 11.7. The lowest BCUT2D eigenvalue weighted by atomic mass is 9.95. The lowest BCUT2D eigenvalue weighted by Crippen LogP contribution is -2.30. The van der Waals surface area contributed by atoms with E-state index in [9.17, 15) is 14.9 Å². The van der Waals surface area contributed by atoms with Gasteiger partial charge in [0.1, 0.15) is 6.07 Å². The van der Waals surface area contributed by atoms with Crippen LogP contribution in [0.4, 0.5) is 0 Å². The molecule has 0 saturated carbocycles. The Morgan fingerprint density at radius 3 is 2.49 bits per heavy atom. The molecule has 0 bridgehead atoms. The number of methoxy groups -OCH3 is 3. The van der Waals surface area contributed by atoms with Crippen LogP contribution in [0.2, 0.25) is 0 Å². The standard InChI is InChI=1S/C29H28N2O5S/c1-16-7-6-8-19(21(16)15-30)29(33)31-22-11-9-17-13-24(34-2)27(35-3)28(36-4)26(17)18-10-12-25(37-5)23(32)14-20(18)22/h6-8,10,12-14,22H,9,11H2,1-5H3,(H,31,33)/t22-/m0/s1. The largest absolute Gasteiger partial charge is 0.493 e. The van der Waals surface area contributed by atoms with E-state index in [2.05, 4.69) is 11.4 Å². The molecule has 1 amide bonds. The molecule has 0 heterocycles. The number of aryl methyl sites for hydroxylation is 2. The zero-order valence-electron chi connectivity index (χ0n) is 21.4. The SMILES string of the molecule is COc1cc2c(c(OC)c1OC)-c1ccc(SC)c(=O)cc1[C@@H](NC(=O)c1cccc(C)c1C#N)CC2. The van der Waals surface area contributed by atoms with Crippen molar-refractivity contribution in [1.29, 1.82) is 5.26 Å². The molecular formula is C29H28N2O5S. The molecule has 7 nitrogen and oxygen atoms in total. The van der Waals surface area contributed by atoms with Gasteiger partial charge in [-0.05, 0) is 72.5 Å². The number of ether oxygens (including phenoxy) is 3. The molecule has 8 heteroatoms. The van der Waals surface area contributed by atoms with Crippen molar-refractivity contribution in [3.8, 4) is 34.4 Å². The Morgan fingerprint density at radius 2 is 1.84 bits per heavy atom. The van der Waals surface area contributed by atoms with Crippen molar-refractivity contribution >= 4 is 17.7 Å². The van der Waals surface area contributed by atoms with Crippen LogP contribution < -0.4 is 25.0 Å². The van der Waals surface area contributed by atoms with Crippen LogP contribution in [0.3, 0.4) is 0 Å². The molecule has 0 spiro atoms. The van der Waals surface area contributed by atoms with E-state index < -0.39 is 6.04 Å². The Morgan fingerprint density at radius 1 is 1.08 bits per heavy atom. The zero-order valence-corrected chi connectivity index (χ0v) is 22.2. The maximum absolute atomic E-state index is 13.4. The van der Waals surface area contributed by atoms with Gasteiger partial charge in [0.15, 0.2) is 16.9 Å². The normalized spacial score (nSPS) is 13.9. The lowest BCUT2D eigenvalue weighted by molar-refractivity contribution is 0.0934. The summed E-state index contributed by atoms with van der Waals surface area (Å²) in [7, 11) is 4.69. The number of fused-ring (bicyclic) bond motifs is 3. The van der Waals surface area contributed by atoms with Gasteiger partial charge >= 0.3 is 0 Å². The number of thioether (sulfide) groups is 1. The quantitative estimate of drug-likeness (QED) is 0.458. The second-order valence-corrected chi connectivity index (χ2v) is 9.48. The number of amides is 1. The summed E-state index contributed by atoms with van der Waals surface area (Å²) in [5.41, 5.74) is 4.41. The zero-order chi connectivity index (χ0) is 26.7. The average Bonchev–Trinajstić information content (AvgIpc) is 3.15. The van der Waals surface area contributed by atoms with Crippen LogP contribution in [0.25, 0.3) is 11.1 Å². The molecule has 0 radical (unpaired) electrons. The molecule has 37 heavy (non-hydrogen) atoms. The molecule has 1 atom stereocenters. The van der Waals surface area contributed by atoms with Crippen LogP contribution in [0.1, 0.15) is 45.1 Å². The summed E-state index contributed by atoms with van der Waals surface area (Å²) >= 11 is 1.36. The first-order valence-corrected chi connectivity index (χ1v) is 13.0. The number of hydrogen-bond donors (Lipinski definition) is 1. The highest BCUT2D eigenvalue weighted by Gasteiger charge is 2.30. The highest BCUT2D eigenvalue weighted by Crippen LogP contribution is 2.50. The molecule has 1 aliphatic carbocycles. The third-order valence-corrected chi connectivity index (χ3v) is 7.43. The van der Waals surface area contributed by atoms with E-state index >= 15 is 0 Å². The topological polar surface area (TPSA) is 97.7 Å². The summed E-state index contributed by atoms with van der Waals surface area (Å²) in [6.45, 7) is 1.80. The minimum Gasteiger partial charge on any atom is -0.493 e. The maximum atomic E-state index is 13.4. The number of nitrogens with zero attached hydrogens (tertiary/aromatic N) is 1. The fourth-order valence-corrected chi connectivity index (χ4v) is 5.32. The molecule has 0 saturated heterocycles. The van der Waals surface area contributed by atoms with Crippen molar-refractivity contribution < 1.29 is 19.0 Å². The van der Waals surface area contributed by atoms with E-state index in [1.807, 2.05) is 18.4 Å². The molecule has 0 fully saturated rings. The number of carbonyl (C=O) groups excluding carboxylic acids is 1. The summed E-state index contributed by atoms with van der Waals surface area (Å²) in [6, 6.07) is 14.1. The van der Waals surface area contributed by atoms with Crippen molar-refractivity contribution in [3.05, 3.63) is 80.5 Å². The molecule has 1 aliphatic rings. The Bertz CT molecular complexity index is 1480. The van der Waals surface area contributed by atoms with Crippen molar-refractivity contribution in [2.75, 3.05) is 27.6 Å². The molecule has 0 aromatic heterocycles. The average molecular weight is 517 g/mol. The first-order chi connectivity index (χ1) is 17.9. The van der Waals surface area contributed by atoms with Gasteiger partial charge in [0, 0.05) is 5.56 Å². The smallest absolute Gasteiger partial charge is 0.253 e. The minimum atomic E-state index is -0.488. The van der Waals surface area contributed by atoms with Crippen LogP contribution >= 0.6 is 11.8 Å². The van der Waals surface area contributed by atoms with Crippen molar-refractivity contribution in [2.24, 2.45) is 0 Å². The number of hydrogen-bond acceptors (Lipinski definition) is 7. The molecule has 1 N–H and O–H groups in total. The van der Waals surface area contributed by atoms with Gasteiger partial charge in [-0.1, -0.05) is 18.2 Å². The second-order valence-electron chi connectivity index (χ2n) is 8.63. The second kappa shape index (κ2) is 11.0. The fraction of sp³-hybridized carbons (Fsp3) is 0.276. The third kappa shape index (κ3) is 4.75. The van der Waals surface area contributed by atoms with Gasteiger partial charge in [-0.15, -0.1) is 11.8 Å². The van der Waals surface area contributed by atoms with Gasteiger partial charge in [-0.25, -0.2) is 0 Å². The van der Waals surface area contributed by atoms with Crippen LogP contribution in [0.5, 0.6) is 17.2 Å². The van der Waals surface area contributed by atoms with Gasteiger partial charge in [0.25, 0.3) is 5.91 Å². The number of benzene rings is 2. The lowest BCUT2D eigenvalue weighted by Gasteiger charge is -2.20. The van der Waals surface area contributed by atoms with E-state index in [0.717, 1.165) is 22.3 Å². The Hall–Kier alpha value is -3.96. The van der Waals surface area contributed by atoms with Crippen LogP contribution in [0, 0.1) is 18.3 Å². The molecule has 190 valence electrons. The summed E-state index contributed by atoms with van der Waals surface area (Å²) in [5.74, 6) is 1.12. The first kappa shape index (κ1) is 26.1. The van der Waals surface area contributed by atoms with Crippen LogP contribution in [-0.2, 0) is 6.42 Å². The Labute approximate surface area is 220 Å². The Balaban J connectivity index is 1.94. The van der Waals surface area contributed by atoms with Crippen molar-refractivity contribution in [3.63, 3.8) is 0 Å². The van der Waals surface area contributed by atoms with Gasteiger partial charge in [0.05, 0.1) is 43.4 Å². The monoisotopic (exact) mass is 516 g/mol. The summed E-state index contributed by atoms with van der Waals surface area (Å²) in [5, 5.41) is 12.7. The van der Waals surface area contributed by atoms with E-state index in [1.165, 1.54) is 11.8 Å². The highest BCUT2D eigenvalue weighted by atomic mass is 32.2. The van der Waals surface area contributed by atoms with Gasteiger partial charge in [-0.3, -0.25) is 9.59 Å². The van der Waals surface area contributed by atoms with Gasteiger partial charge in [-0.2, -0.15) is 5.26 Å². The minimum absolute atomic E-state index is 0.135. The maximum Gasteiger partial charge on any atom is 0.253 e. The molecule has 0 aliphatic heterocycles. The van der Waals surface area contributed by atoms with Crippen LogP contribution in [-0.4, -0.2) is 33.5 Å². The predicted molar refractivity (Wildman–Crippen MR) is 144 cm³/mol. The molecule has 3 aromatic carbocycles. The van der Waals surface area contributed by atoms with Crippen molar-refractivity contribution in [1.82, 2.24) is 5.32 Å². The predicted octanol–water partition coefficient (Wildman–Crippen LogP) is 5.06. The molecular weight excluding hydrogens is 488 g/mol. The third-order valence-electron chi connectivity index (χ3n) is 6.66. The molecule has 3 aromatic rings. The number of nitriles is 1. The van der Waals surface area contributed by atoms with Gasteiger partial charge in [0.2, 0.25) is 5.75 Å². The number of carbonyl (C=O) groups is 1. The van der Waals surface area contributed by atoms with Gasteiger partial charge < -0.3 is 19.5 Å². The Kier molecular flexibility index (Phi) is 7.74. The summed E-state index contributed by atoms with van der Waals surface area (Å²) in [4.78, 5) is 27.1. The van der Waals surface area contributed by atoms with E-state index in [4.69, 9.17) is 14.2 Å². The van der Waals surface area contributed by atoms with Crippen LogP contribution in [0.15, 0.2) is 52.2 Å². The molecule has 4 rings (SSSR count). The molecule has 0 unspecified atom stereocenters. The number of rotatable bonds is 6. The number of nitrogens with one attached hydrogen (secondary N) is 1. The van der Waals surface area contributed by atoms with E-state index in [1.54, 1.807) is 58.6 Å². The summed E-state index contributed by atoms with van der Waals surface area (Å²) < 4.78 is 17.0. The van der Waals surface area contributed by atoms with E-state index in [0.29, 0.717) is 51.7 Å². The summed E-state index contributed by atoms with van der Waals surface area (Å²) in [6.07, 6.45) is 2.96.